The number of sulfone groups is 1. The molecule has 0 aliphatic heterocycles. The Morgan fingerprint density at radius 1 is 0.864 bits per heavy atom. The molecule has 0 spiro atoms. The van der Waals surface area contributed by atoms with Crippen molar-refractivity contribution in [3.05, 3.63) is 0 Å². The van der Waals surface area contributed by atoms with E-state index in [1.807, 2.05) is 0 Å². The van der Waals surface area contributed by atoms with Gasteiger partial charge in [-0.1, -0.05) is 0 Å². The number of fused-ring (bicyclic) bond motifs is 9. The van der Waals surface area contributed by atoms with Crippen LogP contribution in [0.25, 0.3) is 0 Å². The molecular weight excluding hydrogens is 320 g/mol. The molecule has 4 aliphatic rings. The van der Waals surface area contributed by atoms with Gasteiger partial charge in [0.15, 0.2) is 0 Å². The van der Waals surface area contributed by atoms with Gasteiger partial charge >= 0.3 is 11.2 Å². The highest BCUT2D eigenvalue weighted by Crippen LogP contribution is 2.71. The van der Waals surface area contributed by atoms with E-state index in [4.69, 9.17) is 0 Å². The summed E-state index contributed by atoms with van der Waals surface area (Å²) >= 11 is 0. The summed E-state index contributed by atoms with van der Waals surface area (Å²) in [5.74, 6) is -4.73. The van der Waals surface area contributed by atoms with E-state index in [1.165, 1.54) is 0 Å². The molecule has 7 unspecified atom stereocenters. The monoisotopic (exact) mass is 340 g/mol. The molecule has 7 heteroatoms. The van der Waals surface area contributed by atoms with Crippen LogP contribution in [-0.2, 0) is 9.84 Å². The molecule has 4 aliphatic carbocycles. The summed E-state index contributed by atoms with van der Waals surface area (Å²) in [6, 6.07) is 0. The van der Waals surface area contributed by atoms with Crippen molar-refractivity contribution in [3.8, 4) is 0 Å². The molecule has 7 atom stereocenters. The second-order valence-electron chi connectivity index (χ2n) is 7.90. The molecule has 0 N–H and O–H groups in total. The molecule has 0 aromatic rings. The minimum Gasteiger partial charge on any atom is -0.223 e. The van der Waals surface area contributed by atoms with Gasteiger partial charge in [0.25, 0.3) is 0 Å². The lowest BCUT2D eigenvalue weighted by atomic mass is 9.66. The average Bonchev–Trinajstić information content (AvgIpc) is 3.15. The summed E-state index contributed by atoms with van der Waals surface area (Å²) in [7, 11) is -5.13. The Morgan fingerprint density at radius 2 is 1.45 bits per heavy atom. The molecule has 0 heterocycles. The van der Waals surface area contributed by atoms with Gasteiger partial charge in [-0.15, -0.1) is 0 Å². The van der Waals surface area contributed by atoms with Gasteiger partial charge in [-0.2, -0.15) is 17.6 Å². The summed E-state index contributed by atoms with van der Waals surface area (Å²) in [5.41, 5.74) is 0. The summed E-state index contributed by atoms with van der Waals surface area (Å²) in [6.45, 7) is 0. The summed E-state index contributed by atoms with van der Waals surface area (Å²) in [5, 5.41) is -4.97. The molecule has 4 bridgehead atoms. The van der Waals surface area contributed by atoms with Crippen LogP contribution in [0.3, 0.4) is 0 Å². The second-order valence-corrected chi connectivity index (χ2v) is 9.96. The molecule has 4 fully saturated rings. The molecule has 22 heavy (non-hydrogen) atoms. The maximum absolute atomic E-state index is 14.4. The number of halogens is 4. The lowest BCUT2D eigenvalue weighted by Crippen LogP contribution is -2.54. The Labute approximate surface area is 127 Å². The zero-order valence-corrected chi connectivity index (χ0v) is 13.1. The maximum atomic E-state index is 14.4. The number of hydrogen-bond donors (Lipinski definition) is 0. The van der Waals surface area contributed by atoms with E-state index < -0.39 is 32.9 Å². The van der Waals surface area contributed by atoms with E-state index in [0.29, 0.717) is 24.2 Å². The predicted octanol–water partition coefficient (Wildman–Crippen LogP) is 3.58. The van der Waals surface area contributed by atoms with Crippen LogP contribution in [0.15, 0.2) is 0 Å². The Bertz CT molecular complexity index is 603. The van der Waals surface area contributed by atoms with Crippen molar-refractivity contribution in [2.45, 2.75) is 43.3 Å². The van der Waals surface area contributed by atoms with E-state index >= 15 is 0 Å². The highest BCUT2D eigenvalue weighted by atomic mass is 32.2. The number of alkyl halides is 4. The highest BCUT2D eigenvalue weighted by molar-refractivity contribution is 7.91. The van der Waals surface area contributed by atoms with E-state index in [9.17, 15) is 26.0 Å². The van der Waals surface area contributed by atoms with E-state index in [0.717, 1.165) is 19.3 Å². The molecule has 0 aromatic carbocycles. The molecular formula is C15H20F4O2S. The fraction of sp³-hybridized carbons (Fsp3) is 1.00. The van der Waals surface area contributed by atoms with Crippen LogP contribution in [0, 0.1) is 41.4 Å². The standard InChI is InChI=1S/C15H20F4O2S/c1-22(20,21)15(18,19)14(16,17)11-6-9-5-10(11)13-8-3-2-7(4-8)12(9)13/h7-13H,2-6H2,1H3. The number of rotatable bonds is 3. The molecule has 4 saturated carbocycles. The minimum atomic E-state index is -5.13. The van der Waals surface area contributed by atoms with Crippen LogP contribution in [0.1, 0.15) is 32.1 Å². The fourth-order valence-electron chi connectivity index (χ4n) is 6.45. The van der Waals surface area contributed by atoms with Crippen LogP contribution >= 0.6 is 0 Å². The van der Waals surface area contributed by atoms with Gasteiger partial charge in [-0.3, -0.25) is 0 Å². The van der Waals surface area contributed by atoms with Crippen LogP contribution in [0.2, 0.25) is 0 Å². The minimum absolute atomic E-state index is 0.0627. The largest absolute Gasteiger partial charge is 0.407 e. The van der Waals surface area contributed by atoms with Crippen LogP contribution in [0.5, 0.6) is 0 Å². The van der Waals surface area contributed by atoms with Crippen LogP contribution in [-0.4, -0.2) is 25.9 Å². The predicted molar refractivity (Wildman–Crippen MR) is 72.3 cm³/mol. The van der Waals surface area contributed by atoms with E-state index in [2.05, 4.69) is 0 Å². The summed E-state index contributed by atoms with van der Waals surface area (Å²) < 4.78 is 79.0. The van der Waals surface area contributed by atoms with E-state index in [-0.39, 0.29) is 24.5 Å². The van der Waals surface area contributed by atoms with Gasteiger partial charge in [0, 0.05) is 12.2 Å². The first-order chi connectivity index (χ1) is 10.1. The van der Waals surface area contributed by atoms with Gasteiger partial charge in [0.05, 0.1) is 0 Å². The lowest BCUT2D eigenvalue weighted by molar-refractivity contribution is -0.207. The Morgan fingerprint density at radius 3 is 2.05 bits per heavy atom. The summed E-state index contributed by atoms with van der Waals surface area (Å²) in [4.78, 5) is 0. The number of hydrogen-bond acceptors (Lipinski definition) is 2. The van der Waals surface area contributed by atoms with E-state index in [1.54, 1.807) is 0 Å². The Hall–Kier alpha value is -0.330. The normalized spacial score (nSPS) is 47.2. The first-order valence-corrected chi connectivity index (χ1v) is 9.90. The molecule has 0 radical (unpaired) electrons. The van der Waals surface area contributed by atoms with Crippen molar-refractivity contribution in [2.75, 3.05) is 6.26 Å². The molecule has 126 valence electrons. The topological polar surface area (TPSA) is 34.1 Å². The zero-order chi connectivity index (χ0) is 16.1. The SMILES string of the molecule is CS(=O)(=O)C(F)(F)C(F)(F)C1CC2CC1C1C3CCC(C3)C21. The Balaban J connectivity index is 1.66. The third-order valence-electron chi connectivity index (χ3n) is 7.05. The molecule has 0 amide bonds. The quantitative estimate of drug-likeness (QED) is 0.581. The van der Waals surface area contributed by atoms with Crippen molar-refractivity contribution in [3.63, 3.8) is 0 Å². The van der Waals surface area contributed by atoms with Crippen molar-refractivity contribution in [2.24, 2.45) is 41.4 Å². The third kappa shape index (κ3) is 1.64. The van der Waals surface area contributed by atoms with Crippen molar-refractivity contribution in [1.29, 1.82) is 0 Å². The fourth-order valence-corrected chi connectivity index (χ4v) is 7.09. The molecule has 2 nitrogen and oxygen atoms in total. The lowest BCUT2D eigenvalue weighted by Gasteiger charge is -2.42. The van der Waals surface area contributed by atoms with Gasteiger partial charge in [0.1, 0.15) is 0 Å². The smallest absolute Gasteiger partial charge is 0.223 e. The first-order valence-electron chi connectivity index (χ1n) is 8.01. The average molecular weight is 340 g/mol. The van der Waals surface area contributed by atoms with Gasteiger partial charge < -0.3 is 0 Å². The Kier molecular flexibility index (Phi) is 2.90. The van der Waals surface area contributed by atoms with Crippen molar-refractivity contribution in [1.82, 2.24) is 0 Å². The van der Waals surface area contributed by atoms with Crippen LogP contribution in [0.4, 0.5) is 17.6 Å². The first kappa shape index (κ1) is 15.2. The maximum Gasteiger partial charge on any atom is 0.407 e. The summed E-state index contributed by atoms with van der Waals surface area (Å²) in [6.07, 6.45) is 4.08. The third-order valence-corrected chi connectivity index (χ3v) is 8.26. The van der Waals surface area contributed by atoms with Crippen LogP contribution < -0.4 is 0 Å². The zero-order valence-electron chi connectivity index (χ0n) is 12.3. The molecule has 4 rings (SSSR count). The highest BCUT2D eigenvalue weighted by Gasteiger charge is 2.74. The van der Waals surface area contributed by atoms with Gasteiger partial charge in [0.2, 0.25) is 9.84 Å². The molecule has 0 saturated heterocycles. The van der Waals surface area contributed by atoms with Gasteiger partial charge in [-0.05, 0) is 67.6 Å². The second kappa shape index (κ2) is 4.19. The molecule has 0 aromatic heterocycles. The van der Waals surface area contributed by atoms with Gasteiger partial charge in [-0.25, -0.2) is 8.42 Å². The van der Waals surface area contributed by atoms with Crippen molar-refractivity contribution < 1.29 is 26.0 Å². The van der Waals surface area contributed by atoms with Crippen molar-refractivity contribution >= 4 is 9.84 Å².